The van der Waals surface area contributed by atoms with E-state index in [1.165, 1.54) is 0 Å². The van der Waals surface area contributed by atoms with Crippen LogP contribution in [0.2, 0.25) is 0 Å². The fourth-order valence-electron chi connectivity index (χ4n) is 0.457. The molecule has 0 spiro atoms. The van der Waals surface area contributed by atoms with Crippen molar-refractivity contribution in [3.8, 4) is 0 Å². The standard InChI is InChI=1S/C6H15N3O/c1-3-5(7)4-9-6(10)8-2/h5H,3-4,7H2,1-2H3,(H2,8,9,10). The van der Waals surface area contributed by atoms with Gasteiger partial charge in [-0.05, 0) is 6.42 Å². The Hall–Kier alpha value is -0.770. The van der Waals surface area contributed by atoms with Crippen LogP contribution >= 0.6 is 0 Å². The maximum atomic E-state index is 10.6. The molecule has 60 valence electrons. The molecule has 0 radical (unpaired) electrons. The highest BCUT2D eigenvalue weighted by Gasteiger charge is 1.99. The molecule has 0 aliphatic carbocycles. The van der Waals surface area contributed by atoms with Gasteiger partial charge in [-0.15, -0.1) is 0 Å². The van der Waals surface area contributed by atoms with E-state index >= 15 is 0 Å². The lowest BCUT2D eigenvalue weighted by atomic mass is 10.2. The Morgan fingerprint density at radius 1 is 1.70 bits per heavy atom. The van der Waals surface area contributed by atoms with Gasteiger partial charge in [0.15, 0.2) is 0 Å². The number of hydrogen-bond donors (Lipinski definition) is 3. The first-order chi connectivity index (χ1) is 4.70. The molecular weight excluding hydrogens is 130 g/mol. The number of hydrogen-bond acceptors (Lipinski definition) is 2. The number of carbonyl (C=O) groups excluding carboxylic acids is 1. The van der Waals surface area contributed by atoms with E-state index in [-0.39, 0.29) is 12.1 Å². The van der Waals surface area contributed by atoms with Crippen LogP contribution in [0.3, 0.4) is 0 Å². The minimum atomic E-state index is -0.177. The smallest absolute Gasteiger partial charge is 0.314 e. The van der Waals surface area contributed by atoms with Crippen molar-refractivity contribution < 1.29 is 4.79 Å². The Kier molecular flexibility index (Phi) is 4.66. The molecule has 0 rings (SSSR count). The van der Waals surface area contributed by atoms with E-state index in [4.69, 9.17) is 5.73 Å². The lowest BCUT2D eigenvalue weighted by molar-refractivity contribution is 0.242. The molecule has 0 aliphatic heterocycles. The summed E-state index contributed by atoms with van der Waals surface area (Å²) in [4.78, 5) is 10.6. The Bertz CT molecular complexity index is 105. The van der Waals surface area contributed by atoms with E-state index in [0.717, 1.165) is 6.42 Å². The zero-order valence-corrected chi connectivity index (χ0v) is 6.48. The highest BCUT2D eigenvalue weighted by molar-refractivity contribution is 5.73. The predicted octanol–water partition coefficient (Wildman–Crippen LogP) is -0.347. The molecule has 0 aliphatic rings. The molecule has 0 saturated carbocycles. The first-order valence-electron chi connectivity index (χ1n) is 3.41. The van der Waals surface area contributed by atoms with Crippen LogP contribution in [-0.2, 0) is 0 Å². The molecule has 1 unspecified atom stereocenters. The summed E-state index contributed by atoms with van der Waals surface area (Å²) in [5.74, 6) is 0. The van der Waals surface area contributed by atoms with E-state index in [1.807, 2.05) is 6.92 Å². The molecule has 0 aromatic carbocycles. The molecule has 0 heterocycles. The zero-order chi connectivity index (χ0) is 7.98. The summed E-state index contributed by atoms with van der Waals surface area (Å²) in [6, 6.07) is -0.110. The van der Waals surface area contributed by atoms with Crippen molar-refractivity contribution in [3.05, 3.63) is 0 Å². The Labute approximate surface area is 61.2 Å². The quantitative estimate of drug-likeness (QED) is 0.508. The van der Waals surface area contributed by atoms with Crippen LogP contribution in [-0.4, -0.2) is 25.7 Å². The maximum absolute atomic E-state index is 10.6. The second-order valence-electron chi connectivity index (χ2n) is 2.13. The fourth-order valence-corrected chi connectivity index (χ4v) is 0.457. The monoisotopic (exact) mass is 145 g/mol. The third-order valence-electron chi connectivity index (χ3n) is 1.28. The highest BCUT2D eigenvalue weighted by atomic mass is 16.2. The number of nitrogens with one attached hydrogen (secondary N) is 2. The topological polar surface area (TPSA) is 67.1 Å². The lowest BCUT2D eigenvalue weighted by Gasteiger charge is -2.08. The molecule has 0 aromatic rings. The van der Waals surface area contributed by atoms with Gasteiger partial charge in [-0.1, -0.05) is 6.92 Å². The van der Waals surface area contributed by atoms with Gasteiger partial charge in [-0.2, -0.15) is 0 Å². The van der Waals surface area contributed by atoms with Gasteiger partial charge >= 0.3 is 6.03 Å². The summed E-state index contributed by atoms with van der Waals surface area (Å²) in [6.07, 6.45) is 0.879. The van der Waals surface area contributed by atoms with Crippen molar-refractivity contribution in [2.75, 3.05) is 13.6 Å². The lowest BCUT2D eigenvalue weighted by Crippen LogP contribution is -2.40. The minimum Gasteiger partial charge on any atom is -0.341 e. The average Bonchev–Trinajstić information content (AvgIpc) is 1.99. The molecule has 0 fully saturated rings. The van der Waals surface area contributed by atoms with Gasteiger partial charge in [0, 0.05) is 19.6 Å². The van der Waals surface area contributed by atoms with E-state index in [0.29, 0.717) is 6.54 Å². The molecule has 10 heavy (non-hydrogen) atoms. The van der Waals surface area contributed by atoms with Crippen LogP contribution in [0.4, 0.5) is 4.79 Å². The third kappa shape index (κ3) is 4.14. The van der Waals surface area contributed by atoms with Crippen molar-refractivity contribution in [2.24, 2.45) is 5.73 Å². The molecule has 2 amide bonds. The van der Waals surface area contributed by atoms with Gasteiger partial charge in [0.1, 0.15) is 0 Å². The average molecular weight is 145 g/mol. The first-order valence-corrected chi connectivity index (χ1v) is 3.41. The van der Waals surface area contributed by atoms with Gasteiger partial charge in [0.2, 0.25) is 0 Å². The van der Waals surface area contributed by atoms with Crippen LogP contribution < -0.4 is 16.4 Å². The minimum absolute atomic E-state index is 0.0669. The van der Waals surface area contributed by atoms with Crippen LogP contribution in [0.15, 0.2) is 0 Å². The molecule has 4 nitrogen and oxygen atoms in total. The normalized spacial score (nSPS) is 12.3. The summed E-state index contributed by atoms with van der Waals surface area (Å²) in [5.41, 5.74) is 5.53. The van der Waals surface area contributed by atoms with Gasteiger partial charge in [-0.25, -0.2) is 4.79 Å². The Morgan fingerprint density at radius 3 is 2.70 bits per heavy atom. The van der Waals surface area contributed by atoms with Crippen molar-refractivity contribution in [1.82, 2.24) is 10.6 Å². The molecule has 1 atom stereocenters. The van der Waals surface area contributed by atoms with E-state index in [1.54, 1.807) is 7.05 Å². The summed E-state index contributed by atoms with van der Waals surface area (Å²) in [6.45, 7) is 2.52. The number of rotatable bonds is 3. The number of nitrogens with two attached hydrogens (primary N) is 1. The summed E-state index contributed by atoms with van der Waals surface area (Å²) in [5, 5.41) is 5.05. The number of carbonyl (C=O) groups is 1. The van der Waals surface area contributed by atoms with Crippen molar-refractivity contribution in [3.63, 3.8) is 0 Å². The molecular formula is C6H15N3O. The largest absolute Gasteiger partial charge is 0.341 e. The summed E-state index contributed by atoms with van der Waals surface area (Å²) < 4.78 is 0. The van der Waals surface area contributed by atoms with Crippen LogP contribution in [0.5, 0.6) is 0 Å². The van der Waals surface area contributed by atoms with Gasteiger partial charge in [0.05, 0.1) is 0 Å². The molecule has 0 aromatic heterocycles. The summed E-state index contributed by atoms with van der Waals surface area (Å²) >= 11 is 0. The van der Waals surface area contributed by atoms with Crippen molar-refractivity contribution >= 4 is 6.03 Å². The van der Waals surface area contributed by atoms with Crippen LogP contribution in [0.1, 0.15) is 13.3 Å². The molecule has 0 bridgehead atoms. The van der Waals surface area contributed by atoms with E-state index < -0.39 is 0 Å². The highest BCUT2D eigenvalue weighted by Crippen LogP contribution is 1.81. The molecule has 4 N–H and O–H groups in total. The van der Waals surface area contributed by atoms with Crippen LogP contribution in [0, 0.1) is 0 Å². The molecule has 4 heteroatoms. The van der Waals surface area contributed by atoms with Gasteiger partial charge < -0.3 is 16.4 Å². The Morgan fingerprint density at radius 2 is 2.30 bits per heavy atom. The maximum Gasteiger partial charge on any atom is 0.314 e. The molecule has 0 saturated heterocycles. The van der Waals surface area contributed by atoms with Crippen molar-refractivity contribution in [1.29, 1.82) is 0 Å². The van der Waals surface area contributed by atoms with Crippen LogP contribution in [0.25, 0.3) is 0 Å². The van der Waals surface area contributed by atoms with Crippen molar-refractivity contribution in [2.45, 2.75) is 19.4 Å². The second kappa shape index (κ2) is 5.05. The Balaban J connectivity index is 3.26. The van der Waals surface area contributed by atoms with Gasteiger partial charge in [0.25, 0.3) is 0 Å². The predicted molar refractivity (Wildman–Crippen MR) is 40.7 cm³/mol. The number of urea groups is 1. The van der Waals surface area contributed by atoms with Gasteiger partial charge in [-0.3, -0.25) is 0 Å². The van der Waals surface area contributed by atoms with E-state index in [2.05, 4.69) is 10.6 Å². The second-order valence-corrected chi connectivity index (χ2v) is 2.13. The number of amides is 2. The SMILES string of the molecule is CCC(N)CNC(=O)NC. The third-order valence-corrected chi connectivity index (χ3v) is 1.28. The van der Waals surface area contributed by atoms with E-state index in [9.17, 15) is 4.79 Å². The fraction of sp³-hybridized carbons (Fsp3) is 0.833. The zero-order valence-electron chi connectivity index (χ0n) is 6.48. The summed E-state index contributed by atoms with van der Waals surface area (Å²) in [7, 11) is 1.58. The first kappa shape index (κ1) is 9.23.